The van der Waals surface area contributed by atoms with Gasteiger partial charge in [0.15, 0.2) is 11.5 Å². The van der Waals surface area contributed by atoms with E-state index in [-0.39, 0.29) is 12.9 Å². The second-order valence-electron chi connectivity index (χ2n) is 3.93. The van der Waals surface area contributed by atoms with Gasteiger partial charge in [-0.1, -0.05) is 12.1 Å². The summed E-state index contributed by atoms with van der Waals surface area (Å²) in [6, 6.07) is 3.91. The Morgan fingerprint density at radius 2 is 1.94 bits per heavy atom. The van der Waals surface area contributed by atoms with Crippen molar-refractivity contribution in [2.45, 2.75) is 26.1 Å². The van der Waals surface area contributed by atoms with E-state index in [0.29, 0.717) is 13.0 Å². The number of rotatable bonds is 4. The minimum atomic E-state index is -0.387. The van der Waals surface area contributed by atoms with Gasteiger partial charge in [0.2, 0.25) is 6.79 Å². The topological polar surface area (TPSA) is 47.9 Å². The van der Waals surface area contributed by atoms with Gasteiger partial charge < -0.3 is 19.3 Å². The Bertz CT molecular complexity index is 374. The molecule has 0 aromatic heterocycles. The predicted molar refractivity (Wildman–Crippen MR) is 58.7 cm³/mol. The molecular formula is C12H16O4. The molecule has 1 aliphatic heterocycles. The van der Waals surface area contributed by atoms with Crippen LogP contribution < -0.4 is 9.47 Å². The summed E-state index contributed by atoms with van der Waals surface area (Å²) in [5.74, 6) is 1.50. The lowest BCUT2D eigenvalue weighted by Crippen LogP contribution is -2.05. The molecule has 0 spiro atoms. The molecule has 88 valence electrons. The predicted octanol–water partition coefficient (Wildman–Crippen LogP) is 1.48. The van der Waals surface area contributed by atoms with E-state index in [1.54, 1.807) is 14.0 Å². The molecule has 4 nitrogen and oxygen atoms in total. The minimum absolute atomic E-state index is 0.239. The molecule has 1 heterocycles. The number of aliphatic hydroxyl groups is 1. The van der Waals surface area contributed by atoms with Gasteiger partial charge in [0.25, 0.3) is 0 Å². The third-order valence-electron chi connectivity index (χ3n) is 2.50. The SMILES string of the molecule is COCc1ccc(CC(C)O)c2c1OCO2. The number of ether oxygens (including phenoxy) is 3. The van der Waals surface area contributed by atoms with Crippen molar-refractivity contribution in [3.05, 3.63) is 23.3 Å². The molecule has 2 rings (SSSR count). The molecular weight excluding hydrogens is 208 g/mol. The van der Waals surface area contributed by atoms with Gasteiger partial charge in [-0.25, -0.2) is 0 Å². The zero-order chi connectivity index (χ0) is 11.5. The van der Waals surface area contributed by atoms with Gasteiger partial charge in [0.1, 0.15) is 0 Å². The number of benzene rings is 1. The van der Waals surface area contributed by atoms with Crippen molar-refractivity contribution in [1.82, 2.24) is 0 Å². The van der Waals surface area contributed by atoms with Gasteiger partial charge in [-0.2, -0.15) is 0 Å². The molecule has 0 amide bonds. The number of fused-ring (bicyclic) bond motifs is 1. The quantitative estimate of drug-likeness (QED) is 0.841. The van der Waals surface area contributed by atoms with Crippen LogP contribution in [0.25, 0.3) is 0 Å². The smallest absolute Gasteiger partial charge is 0.231 e. The normalized spacial score (nSPS) is 15.2. The maximum atomic E-state index is 9.39. The van der Waals surface area contributed by atoms with Crippen molar-refractivity contribution in [1.29, 1.82) is 0 Å². The first-order valence-corrected chi connectivity index (χ1v) is 5.29. The molecule has 1 aromatic rings. The van der Waals surface area contributed by atoms with Crippen LogP contribution >= 0.6 is 0 Å². The fourth-order valence-corrected chi connectivity index (χ4v) is 1.86. The highest BCUT2D eigenvalue weighted by Crippen LogP contribution is 2.39. The van der Waals surface area contributed by atoms with Crippen molar-refractivity contribution in [2.24, 2.45) is 0 Å². The molecule has 4 heteroatoms. The average molecular weight is 224 g/mol. The Morgan fingerprint density at radius 3 is 2.56 bits per heavy atom. The van der Waals surface area contributed by atoms with Crippen LogP contribution in [0.3, 0.4) is 0 Å². The number of hydrogen-bond acceptors (Lipinski definition) is 4. The van der Waals surface area contributed by atoms with Crippen molar-refractivity contribution in [3.8, 4) is 11.5 Å². The Labute approximate surface area is 94.8 Å². The summed E-state index contributed by atoms with van der Waals surface area (Å²) in [7, 11) is 1.64. The van der Waals surface area contributed by atoms with E-state index >= 15 is 0 Å². The molecule has 0 saturated carbocycles. The zero-order valence-electron chi connectivity index (χ0n) is 9.53. The molecule has 1 unspecified atom stereocenters. The number of hydrogen-bond donors (Lipinski definition) is 1. The highest BCUT2D eigenvalue weighted by molar-refractivity contribution is 5.53. The molecule has 0 radical (unpaired) electrons. The van der Waals surface area contributed by atoms with Gasteiger partial charge in [-0.3, -0.25) is 0 Å². The van der Waals surface area contributed by atoms with Gasteiger partial charge in [0, 0.05) is 24.7 Å². The Balaban J connectivity index is 2.33. The molecule has 1 atom stereocenters. The standard InChI is InChI=1S/C12H16O4/c1-8(13)5-9-3-4-10(6-14-2)12-11(9)15-7-16-12/h3-4,8,13H,5-7H2,1-2H3. The van der Waals surface area contributed by atoms with Crippen molar-refractivity contribution in [3.63, 3.8) is 0 Å². The second kappa shape index (κ2) is 4.72. The maximum absolute atomic E-state index is 9.39. The summed E-state index contributed by atoms with van der Waals surface area (Å²) >= 11 is 0. The Morgan fingerprint density at radius 1 is 1.31 bits per heavy atom. The van der Waals surface area contributed by atoms with Crippen LogP contribution in [0, 0.1) is 0 Å². The van der Waals surface area contributed by atoms with Gasteiger partial charge in [-0.05, 0) is 6.92 Å². The largest absolute Gasteiger partial charge is 0.453 e. The zero-order valence-corrected chi connectivity index (χ0v) is 9.53. The molecule has 1 N–H and O–H groups in total. The number of aliphatic hydroxyl groups excluding tert-OH is 1. The van der Waals surface area contributed by atoms with E-state index in [1.807, 2.05) is 12.1 Å². The van der Waals surface area contributed by atoms with E-state index in [4.69, 9.17) is 14.2 Å². The van der Waals surface area contributed by atoms with Crippen LogP contribution in [-0.2, 0) is 17.8 Å². The Hall–Kier alpha value is -1.26. The molecule has 16 heavy (non-hydrogen) atoms. The van der Waals surface area contributed by atoms with Crippen LogP contribution in [0.2, 0.25) is 0 Å². The van der Waals surface area contributed by atoms with E-state index in [2.05, 4.69) is 0 Å². The summed E-state index contributed by atoms with van der Waals surface area (Å²) in [5.41, 5.74) is 1.95. The average Bonchev–Trinajstić information content (AvgIpc) is 2.70. The van der Waals surface area contributed by atoms with E-state index < -0.39 is 0 Å². The van der Waals surface area contributed by atoms with Crippen LogP contribution in [0.1, 0.15) is 18.1 Å². The fourth-order valence-electron chi connectivity index (χ4n) is 1.86. The highest BCUT2D eigenvalue weighted by atomic mass is 16.7. The van der Waals surface area contributed by atoms with Gasteiger partial charge >= 0.3 is 0 Å². The second-order valence-corrected chi connectivity index (χ2v) is 3.93. The third-order valence-corrected chi connectivity index (χ3v) is 2.50. The summed E-state index contributed by atoms with van der Waals surface area (Å²) in [4.78, 5) is 0. The minimum Gasteiger partial charge on any atom is -0.453 e. The lowest BCUT2D eigenvalue weighted by Gasteiger charge is -2.10. The number of methoxy groups -OCH3 is 1. The van der Waals surface area contributed by atoms with Crippen molar-refractivity contribution < 1.29 is 19.3 Å². The van der Waals surface area contributed by atoms with Gasteiger partial charge in [0.05, 0.1) is 12.7 Å². The molecule has 1 aliphatic rings. The molecule has 0 saturated heterocycles. The van der Waals surface area contributed by atoms with Gasteiger partial charge in [-0.15, -0.1) is 0 Å². The summed E-state index contributed by atoms with van der Waals surface area (Å²) in [6.07, 6.45) is 0.181. The fraction of sp³-hybridized carbons (Fsp3) is 0.500. The first kappa shape index (κ1) is 11.2. The molecule has 0 fully saturated rings. The molecule has 0 aliphatic carbocycles. The molecule has 0 bridgehead atoms. The Kier molecular flexibility index (Phi) is 3.31. The first-order valence-electron chi connectivity index (χ1n) is 5.29. The van der Waals surface area contributed by atoms with Crippen LogP contribution in [0.4, 0.5) is 0 Å². The monoisotopic (exact) mass is 224 g/mol. The summed E-state index contributed by atoms with van der Waals surface area (Å²) in [6.45, 7) is 2.49. The van der Waals surface area contributed by atoms with E-state index in [0.717, 1.165) is 22.6 Å². The van der Waals surface area contributed by atoms with Crippen LogP contribution in [-0.4, -0.2) is 25.1 Å². The van der Waals surface area contributed by atoms with Crippen LogP contribution in [0.5, 0.6) is 11.5 Å². The third kappa shape index (κ3) is 2.13. The molecule has 1 aromatic carbocycles. The van der Waals surface area contributed by atoms with Crippen molar-refractivity contribution >= 4 is 0 Å². The lowest BCUT2D eigenvalue weighted by molar-refractivity contribution is 0.161. The highest BCUT2D eigenvalue weighted by Gasteiger charge is 2.22. The van der Waals surface area contributed by atoms with Crippen molar-refractivity contribution in [2.75, 3.05) is 13.9 Å². The maximum Gasteiger partial charge on any atom is 0.231 e. The van der Waals surface area contributed by atoms with E-state index in [1.165, 1.54) is 0 Å². The summed E-state index contributed by atoms with van der Waals surface area (Å²) in [5, 5.41) is 9.39. The van der Waals surface area contributed by atoms with Crippen LogP contribution in [0.15, 0.2) is 12.1 Å². The summed E-state index contributed by atoms with van der Waals surface area (Å²) < 4.78 is 15.9. The first-order chi connectivity index (χ1) is 7.72. The lowest BCUT2D eigenvalue weighted by atomic mass is 10.0. The van der Waals surface area contributed by atoms with E-state index in [9.17, 15) is 5.11 Å².